The Morgan fingerprint density at radius 3 is 2.78 bits per heavy atom. The molecule has 1 aliphatic carbocycles. The third-order valence-electron chi connectivity index (χ3n) is 3.85. The molecule has 1 heterocycles. The topological polar surface area (TPSA) is 104 Å². The number of aryl methyl sites for hydroxylation is 1. The molecule has 0 unspecified atom stereocenters. The SMILES string of the molecule is Cc1ccc(NC(=O)CSc2nc(CC(=O)NC3CC3)cc(=O)[nH]2)cc1Cl. The Labute approximate surface area is 165 Å². The smallest absolute Gasteiger partial charge is 0.251 e. The van der Waals surface area contributed by atoms with Crippen LogP contribution in [0.2, 0.25) is 5.02 Å². The fraction of sp³-hybridized carbons (Fsp3) is 0.333. The summed E-state index contributed by atoms with van der Waals surface area (Å²) in [6.45, 7) is 1.88. The van der Waals surface area contributed by atoms with Crippen molar-refractivity contribution in [1.29, 1.82) is 0 Å². The highest BCUT2D eigenvalue weighted by Crippen LogP contribution is 2.21. The second-order valence-corrected chi connectivity index (χ2v) is 7.73. The number of aromatic amines is 1. The number of hydrogen-bond acceptors (Lipinski definition) is 5. The van der Waals surface area contributed by atoms with Crippen molar-refractivity contribution in [2.24, 2.45) is 0 Å². The number of H-pyrrole nitrogens is 1. The lowest BCUT2D eigenvalue weighted by Gasteiger charge is -2.07. The molecule has 0 saturated heterocycles. The van der Waals surface area contributed by atoms with Crippen molar-refractivity contribution in [2.45, 2.75) is 37.4 Å². The number of thioether (sulfide) groups is 1. The predicted octanol–water partition coefficient (Wildman–Crippen LogP) is 2.28. The van der Waals surface area contributed by atoms with Crippen LogP contribution in [0.15, 0.2) is 34.2 Å². The molecule has 3 N–H and O–H groups in total. The Morgan fingerprint density at radius 1 is 1.30 bits per heavy atom. The Morgan fingerprint density at radius 2 is 2.07 bits per heavy atom. The van der Waals surface area contributed by atoms with Crippen LogP contribution >= 0.6 is 23.4 Å². The van der Waals surface area contributed by atoms with Crippen LogP contribution in [0.4, 0.5) is 5.69 Å². The lowest BCUT2D eigenvalue weighted by atomic mass is 10.2. The van der Waals surface area contributed by atoms with E-state index < -0.39 is 0 Å². The zero-order valence-electron chi connectivity index (χ0n) is 14.7. The zero-order chi connectivity index (χ0) is 19.4. The summed E-state index contributed by atoms with van der Waals surface area (Å²) < 4.78 is 0. The Kier molecular flexibility index (Phi) is 6.18. The van der Waals surface area contributed by atoms with E-state index in [0.29, 0.717) is 21.6 Å². The third-order valence-corrected chi connectivity index (χ3v) is 5.13. The molecule has 1 aliphatic rings. The van der Waals surface area contributed by atoms with Crippen LogP contribution in [0.3, 0.4) is 0 Å². The van der Waals surface area contributed by atoms with Gasteiger partial charge in [0, 0.05) is 22.8 Å². The minimum absolute atomic E-state index is 0.0437. The maximum absolute atomic E-state index is 12.1. The number of anilines is 1. The number of amides is 2. The second-order valence-electron chi connectivity index (χ2n) is 6.36. The number of hydrogen-bond donors (Lipinski definition) is 3. The summed E-state index contributed by atoms with van der Waals surface area (Å²) in [7, 11) is 0. The molecule has 0 spiro atoms. The summed E-state index contributed by atoms with van der Waals surface area (Å²) in [5.41, 5.74) is 1.55. The molecule has 2 aromatic rings. The quantitative estimate of drug-likeness (QED) is 0.483. The fourth-order valence-electron chi connectivity index (χ4n) is 2.31. The van der Waals surface area contributed by atoms with Gasteiger partial charge < -0.3 is 15.6 Å². The first-order valence-electron chi connectivity index (χ1n) is 8.47. The van der Waals surface area contributed by atoms with E-state index in [2.05, 4.69) is 20.6 Å². The van der Waals surface area contributed by atoms with E-state index in [9.17, 15) is 14.4 Å². The van der Waals surface area contributed by atoms with Crippen molar-refractivity contribution in [3.8, 4) is 0 Å². The second kappa shape index (κ2) is 8.58. The van der Waals surface area contributed by atoms with E-state index in [1.54, 1.807) is 12.1 Å². The van der Waals surface area contributed by atoms with Gasteiger partial charge >= 0.3 is 0 Å². The van der Waals surface area contributed by atoms with E-state index in [4.69, 9.17) is 11.6 Å². The van der Waals surface area contributed by atoms with Gasteiger partial charge in [0.05, 0.1) is 17.9 Å². The van der Waals surface area contributed by atoms with Crippen LogP contribution in [0.25, 0.3) is 0 Å². The van der Waals surface area contributed by atoms with Crippen LogP contribution in [0, 0.1) is 6.92 Å². The molecule has 9 heteroatoms. The average molecular weight is 407 g/mol. The molecule has 3 rings (SSSR count). The number of carbonyl (C=O) groups excluding carboxylic acids is 2. The normalized spacial score (nSPS) is 13.3. The summed E-state index contributed by atoms with van der Waals surface area (Å²) >= 11 is 7.14. The molecular weight excluding hydrogens is 388 g/mol. The van der Waals surface area contributed by atoms with Gasteiger partial charge in [0.2, 0.25) is 11.8 Å². The molecule has 1 aromatic carbocycles. The van der Waals surface area contributed by atoms with Crippen molar-refractivity contribution < 1.29 is 9.59 Å². The molecule has 142 valence electrons. The van der Waals surface area contributed by atoms with E-state index >= 15 is 0 Å². The van der Waals surface area contributed by atoms with Gasteiger partial charge in [0.25, 0.3) is 5.56 Å². The fourth-order valence-corrected chi connectivity index (χ4v) is 3.19. The van der Waals surface area contributed by atoms with Gasteiger partial charge in [0.15, 0.2) is 5.16 Å². The number of nitrogens with zero attached hydrogens (tertiary/aromatic N) is 1. The van der Waals surface area contributed by atoms with Crippen LogP contribution in [-0.2, 0) is 16.0 Å². The molecule has 1 saturated carbocycles. The number of halogens is 1. The first kappa shape index (κ1) is 19.4. The highest BCUT2D eigenvalue weighted by Gasteiger charge is 2.23. The standard InChI is InChI=1S/C18H19ClN4O3S/c1-10-2-3-12(6-14(10)19)21-17(26)9-27-18-22-13(8-16(25)23-18)7-15(24)20-11-4-5-11/h2-3,6,8,11H,4-5,7,9H2,1H3,(H,20,24)(H,21,26)(H,22,23,25). The number of rotatable bonds is 7. The Balaban J connectivity index is 1.56. The van der Waals surface area contributed by atoms with Gasteiger partial charge in [-0.3, -0.25) is 14.4 Å². The van der Waals surface area contributed by atoms with Gasteiger partial charge in [-0.05, 0) is 37.5 Å². The van der Waals surface area contributed by atoms with Gasteiger partial charge in [-0.25, -0.2) is 4.98 Å². The van der Waals surface area contributed by atoms with E-state index in [1.165, 1.54) is 6.07 Å². The molecular formula is C18H19ClN4O3S. The minimum Gasteiger partial charge on any atom is -0.353 e. The molecule has 0 radical (unpaired) electrons. The van der Waals surface area contributed by atoms with Gasteiger partial charge in [-0.15, -0.1) is 0 Å². The lowest BCUT2D eigenvalue weighted by Crippen LogP contribution is -2.28. The molecule has 2 amide bonds. The minimum atomic E-state index is -0.354. The average Bonchev–Trinajstić information content (AvgIpc) is 3.39. The van der Waals surface area contributed by atoms with E-state index in [-0.39, 0.29) is 35.6 Å². The molecule has 0 bridgehead atoms. The molecule has 1 fully saturated rings. The molecule has 1 aromatic heterocycles. The van der Waals surface area contributed by atoms with Crippen molar-refractivity contribution in [3.63, 3.8) is 0 Å². The maximum atomic E-state index is 12.1. The summed E-state index contributed by atoms with van der Waals surface area (Å²) in [5.74, 6) is -0.341. The first-order chi connectivity index (χ1) is 12.9. The number of aromatic nitrogens is 2. The number of benzene rings is 1. The summed E-state index contributed by atoms with van der Waals surface area (Å²) in [6.07, 6.45) is 2.04. The van der Waals surface area contributed by atoms with E-state index in [0.717, 1.165) is 30.2 Å². The van der Waals surface area contributed by atoms with Crippen molar-refractivity contribution in [3.05, 3.63) is 50.9 Å². The Hall–Kier alpha value is -2.32. The summed E-state index contributed by atoms with van der Waals surface area (Å²) in [5, 5.41) is 6.47. The zero-order valence-corrected chi connectivity index (χ0v) is 16.2. The van der Waals surface area contributed by atoms with Crippen LogP contribution in [-0.4, -0.2) is 33.6 Å². The summed E-state index contributed by atoms with van der Waals surface area (Å²) in [6, 6.07) is 6.82. The van der Waals surface area contributed by atoms with Crippen LogP contribution < -0.4 is 16.2 Å². The molecule has 27 heavy (non-hydrogen) atoms. The monoisotopic (exact) mass is 406 g/mol. The Bertz CT molecular complexity index is 927. The highest BCUT2D eigenvalue weighted by molar-refractivity contribution is 7.99. The first-order valence-corrected chi connectivity index (χ1v) is 9.84. The van der Waals surface area contributed by atoms with Gasteiger partial charge in [-0.2, -0.15) is 0 Å². The maximum Gasteiger partial charge on any atom is 0.251 e. The third kappa shape index (κ3) is 6.11. The van der Waals surface area contributed by atoms with Crippen LogP contribution in [0.5, 0.6) is 0 Å². The van der Waals surface area contributed by atoms with Crippen molar-refractivity contribution >= 4 is 40.9 Å². The molecule has 7 nitrogen and oxygen atoms in total. The summed E-state index contributed by atoms with van der Waals surface area (Å²) in [4.78, 5) is 42.6. The molecule has 0 atom stereocenters. The van der Waals surface area contributed by atoms with Crippen LogP contribution in [0.1, 0.15) is 24.1 Å². The van der Waals surface area contributed by atoms with E-state index in [1.807, 2.05) is 13.0 Å². The number of carbonyl (C=O) groups is 2. The molecule has 0 aliphatic heterocycles. The lowest BCUT2D eigenvalue weighted by molar-refractivity contribution is -0.120. The van der Waals surface area contributed by atoms with Gasteiger partial charge in [0.1, 0.15) is 0 Å². The largest absolute Gasteiger partial charge is 0.353 e. The highest BCUT2D eigenvalue weighted by atomic mass is 35.5. The van der Waals surface area contributed by atoms with Crippen molar-refractivity contribution in [2.75, 3.05) is 11.1 Å². The van der Waals surface area contributed by atoms with Crippen molar-refractivity contribution in [1.82, 2.24) is 15.3 Å². The van der Waals surface area contributed by atoms with Gasteiger partial charge in [-0.1, -0.05) is 29.4 Å². The predicted molar refractivity (Wildman–Crippen MR) is 105 cm³/mol. The number of nitrogens with one attached hydrogen (secondary N) is 3.